The van der Waals surface area contributed by atoms with Crippen molar-refractivity contribution in [2.45, 2.75) is 64.0 Å². The molecule has 0 radical (unpaired) electrons. The Kier molecular flexibility index (Phi) is 6.54. The number of rotatable bonds is 5. The minimum absolute atomic E-state index is 0.161. The van der Waals surface area contributed by atoms with Crippen LogP contribution in [0.25, 0.3) is 0 Å². The second-order valence-corrected chi connectivity index (χ2v) is 6.80. The molecule has 1 fully saturated rings. The molecule has 0 aromatic carbocycles. The minimum atomic E-state index is -0.161. The van der Waals surface area contributed by atoms with Crippen molar-refractivity contribution >= 4 is 17.3 Å². The number of ether oxygens (including phenoxy) is 1. The summed E-state index contributed by atoms with van der Waals surface area (Å²) < 4.78 is 4.70. The number of carbonyl (C=O) groups excluding carboxylic acids is 1. The molecule has 1 aromatic heterocycles. The summed E-state index contributed by atoms with van der Waals surface area (Å²) >= 11 is 1.71. The summed E-state index contributed by atoms with van der Waals surface area (Å²) in [5.41, 5.74) is 0. The monoisotopic (exact) mass is 295 g/mol. The van der Waals surface area contributed by atoms with Crippen molar-refractivity contribution in [1.29, 1.82) is 0 Å². The Balaban J connectivity index is 1.76. The van der Waals surface area contributed by atoms with Crippen molar-refractivity contribution in [1.82, 2.24) is 5.32 Å². The number of hydrogen-bond acceptors (Lipinski definition) is 4. The third-order valence-corrected chi connectivity index (χ3v) is 5.02. The summed E-state index contributed by atoms with van der Waals surface area (Å²) in [7, 11) is 1.44. The molecule has 20 heavy (non-hydrogen) atoms. The maximum atomic E-state index is 11.2. The van der Waals surface area contributed by atoms with Crippen molar-refractivity contribution in [3.8, 4) is 0 Å². The first-order chi connectivity index (χ1) is 9.78. The zero-order chi connectivity index (χ0) is 14.2. The lowest BCUT2D eigenvalue weighted by atomic mass is 9.97. The Hall–Kier alpha value is -0.870. The molecule has 1 aromatic rings. The van der Waals surface area contributed by atoms with Gasteiger partial charge in [-0.05, 0) is 25.0 Å². The van der Waals surface area contributed by atoms with E-state index in [2.05, 4.69) is 11.4 Å². The van der Waals surface area contributed by atoms with E-state index >= 15 is 0 Å². The van der Waals surface area contributed by atoms with Crippen LogP contribution < -0.4 is 5.32 Å². The third-order valence-electron chi connectivity index (χ3n) is 3.93. The predicted molar refractivity (Wildman–Crippen MR) is 83.0 cm³/mol. The molecule has 1 aliphatic rings. The van der Waals surface area contributed by atoms with Gasteiger partial charge in [-0.25, -0.2) is 0 Å². The first-order valence-corrected chi connectivity index (χ1v) is 8.47. The lowest BCUT2D eigenvalue weighted by Gasteiger charge is -2.20. The van der Waals surface area contributed by atoms with Crippen LogP contribution in [0.5, 0.6) is 0 Å². The van der Waals surface area contributed by atoms with Crippen LogP contribution in [0.2, 0.25) is 0 Å². The fourth-order valence-electron chi connectivity index (χ4n) is 2.73. The molecule has 1 N–H and O–H groups in total. The van der Waals surface area contributed by atoms with Gasteiger partial charge >= 0.3 is 5.97 Å². The highest BCUT2D eigenvalue weighted by Gasteiger charge is 2.11. The van der Waals surface area contributed by atoms with Gasteiger partial charge in [0.1, 0.15) is 0 Å². The second-order valence-electron chi connectivity index (χ2n) is 5.54. The van der Waals surface area contributed by atoms with Crippen molar-refractivity contribution < 1.29 is 9.53 Å². The summed E-state index contributed by atoms with van der Waals surface area (Å²) in [6.45, 7) is 0.927. The van der Waals surface area contributed by atoms with Gasteiger partial charge in [-0.1, -0.05) is 32.1 Å². The Bertz CT molecular complexity index is 408. The van der Waals surface area contributed by atoms with Crippen LogP contribution in [-0.4, -0.2) is 19.1 Å². The number of esters is 1. The topological polar surface area (TPSA) is 38.3 Å². The first kappa shape index (κ1) is 15.5. The van der Waals surface area contributed by atoms with E-state index in [1.807, 2.05) is 6.07 Å². The van der Waals surface area contributed by atoms with Gasteiger partial charge in [0, 0.05) is 22.3 Å². The van der Waals surface area contributed by atoms with E-state index in [9.17, 15) is 4.79 Å². The first-order valence-electron chi connectivity index (χ1n) is 7.65. The van der Waals surface area contributed by atoms with Gasteiger partial charge in [-0.15, -0.1) is 11.3 Å². The molecular formula is C16H25NO2S. The average Bonchev–Trinajstić information content (AvgIpc) is 2.85. The Morgan fingerprint density at radius 1 is 1.20 bits per heavy atom. The summed E-state index contributed by atoms with van der Waals surface area (Å²) in [6.07, 6.45) is 9.91. The van der Waals surface area contributed by atoms with Crippen molar-refractivity contribution in [2.75, 3.05) is 7.11 Å². The van der Waals surface area contributed by atoms with E-state index < -0.39 is 0 Å². The van der Waals surface area contributed by atoms with Gasteiger partial charge in [-0.3, -0.25) is 4.79 Å². The normalized spacial score (nSPS) is 17.4. The molecule has 112 valence electrons. The van der Waals surface area contributed by atoms with Crippen molar-refractivity contribution in [3.63, 3.8) is 0 Å². The van der Waals surface area contributed by atoms with Gasteiger partial charge in [0.2, 0.25) is 0 Å². The Morgan fingerprint density at radius 3 is 2.55 bits per heavy atom. The van der Waals surface area contributed by atoms with E-state index in [1.54, 1.807) is 11.3 Å². The maximum absolute atomic E-state index is 11.2. The highest BCUT2D eigenvalue weighted by molar-refractivity contribution is 7.12. The van der Waals surface area contributed by atoms with Crippen molar-refractivity contribution in [3.05, 3.63) is 21.9 Å². The van der Waals surface area contributed by atoms with Crippen LogP contribution >= 0.6 is 11.3 Å². The molecule has 3 nitrogen and oxygen atoms in total. The minimum Gasteiger partial charge on any atom is -0.469 e. The lowest BCUT2D eigenvalue weighted by molar-refractivity contribution is -0.139. The summed E-state index contributed by atoms with van der Waals surface area (Å²) in [4.78, 5) is 13.6. The van der Waals surface area contributed by atoms with Gasteiger partial charge in [0.05, 0.1) is 13.5 Å². The van der Waals surface area contributed by atoms with Gasteiger partial charge in [-0.2, -0.15) is 0 Å². The Morgan fingerprint density at radius 2 is 1.85 bits per heavy atom. The van der Waals surface area contributed by atoms with Crippen molar-refractivity contribution in [2.24, 2.45) is 0 Å². The van der Waals surface area contributed by atoms with Crippen LogP contribution in [0.1, 0.15) is 54.7 Å². The number of hydrogen-bond donors (Lipinski definition) is 1. The van der Waals surface area contributed by atoms with E-state index in [0.717, 1.165) is 11.4 Å². The van der Waals surface area contributed by atoms with Crippen LogP contribution in [0.15, 0.2) is 12.1 Å². The molecular weight excluding hydrogens is 270 g/mol. The third kappa shape index (κ3) is 5.25. The molecule has 4 heteroatoms. The standard InChI is InChI=1S/C16H25NO2S/c1-19-16(18)11-14-9-10-15(20-14)12-17-13-7-5-3-2-4-6-8-13/h9-10,13,17H,2-8,11-12H2,1H3. The predicted octanol–water partition coefficient (Wildman–Crippen LogP) is 3.67. The smallest absolute Gasteiger partial charge is 0.310 e. The molecule has 1 aliphatic carbocycles. The zero-order valence-electron chi connectivity index (χ0n) is 12.3. The lowest BCUT2D eigenvalue weighted by Crippen LogP contribution is -2.28. The van der Waals surface area contributed by atoms with Gasteiger partial charge in [0.15, 0.2) is 0 Å². The molecule has 0 bridgehead atoms. The fourth-order valence-corrected chi connectivity index (χ4v) is 3.69. The fraction of sp³-hybridized carbons (Fsp3) is 0.688. The second kappa shape index (κ2) is 8.42. The molecule has 2 rings (SSSR count). The molecule has 0 unspecified atom stereocenters. The molecule has 1 saturated carbocycles. The van der Waals surface area contributed by atoms with Crippen LogP contribution in [0.4, 0.5) is 0 Å². The highest BCUT2D eigenvalue weighted by atomic mass is 32.1. The van der Waals surface area contributed by atoms with E-state index in [4.69, 9.17) is 4.74 Å². The summed E-state index contributed by atoms with van der Waals surface area (Å²) in [6, 6.07) is 4.83. The molecule has 0 saturated heterocycles. The van der Waals surface area contributed by atoms with Crippen LogP contribution in [0.3, 0.4) is 0 Å². The quantitative estimate of drug-likeness (QED) is 0.842. The molecule has 0 aliphatic heterocycles. The number of nitrogens with one attached hydrogen (secondary N) is 1. The number of methoxy groups -OCH3 is 1. The zero-order valence-corrected chi connectivity index (χ0v) is 13.1. The molecule has 1 heterocycles. The summed E-state index contributed by atoms with van der Waals surface area (Å²) in [5, 5.41) is 3.68. The maximum Gasteiger partial charge on any atom is 0.310 e. The van der Waals surface area contributed by atoms with E-state index in [-0.39, 0.29) is 5.97 Å². The van der Waals surface area contributed by atoms with Crippen LogP contribution in [-0.2, 0) is 22.5 Å². The van der Waals surface area contributed by atoms with E-state index in [1.165, 1.54) is 56.9 Å². The molecule has 0 spiro atoms. The highest BCUT2D eigenvalue weighted by Crippen LogP contribution is 2.20. The average molecular weight is 295 g/mol. The SMILES string of the molecule is COC(=O)Cc1ccc(CNC2CCCCCCC2)s1. The van der Waals surface area contributed by atoms with Gasteiger partial charge in [0.25, 0.3) is 0 Å². The number of carbonyl (C=O) groups is 1. The summed E-state index contributed by atoms with van der Waals surface area (Å²) in [5.74, 6) is -0.161. The Labute approximate surface area is 125 Å². The van der Waals surface area contributed by atoms with Crippen LogP contribution in [0, 0.1) is 0 Å². The molecule has 0 amide bonds. The largest absolute Gasteiger partial charge is 0.469 e. The van der Waals surface area contributed by atoms with E-state index in [0.29, 0.717) is 12.5 Å². The molecule has 0 atom stereocenters. The number of thiophene rings is 1. The van der Waals surface area contributed by atoms with Gasteiger partial charge < -0.3 is 10.1 Å².